The third kappa shape index (κ3) is 3.78. The zero-order chi connectivity index (χ0) is 21.4. The van der Waals surface area contributed by atoms with Crippen molar-refractivity contribution in [2.24, 2.45) is 0 Å². The highest BCUT2D eigenvalue weighted by molar-refractivity contribution is 6.39. The fourth-order valence-electron chi connectivity index (χ4n) is 3.88. The number of rotatable bonds is 4. The molecular weight excluding hydrogens is 406 g/mol. The molecule has 30 heavy (non-hydrogen) atoms. The summed E-state index contributed by atoms with van der Waals surface area (Å²) in [5, 5.41) is 2.72. The lowest BCUT2D eigenvalue weighted by Gasteiger charge is -2.26. The smallest absolute Gasteiger partial charge is 0.335 e. The highest BCUT2D eigenvalue weighted by Crippen LogP contribution is 2.26. The van der Waals surface area contributed by atoms with Gasteiger partial charge in [-0.05, 0) is 68.7 Å². The van der Waals surface area contributed by atoms with Gasteiger partial charge in [0.25, 0.3) is 11.8 Å². The molecule has 0 bridgehead atoms. The van der Waals surface area contributed by atoms with Gasteiger partial charge in [0.1, 0.15) is 5.57 Å². The number of benzene rings is 1. The number of urea groups is 1. The Hall–Kier alpha value is -2.90. The van der Waals surface area contributed by atoms with Gasteiger partial charge in [0, 0.05) is 29.6 Å². The van der Waals surface area contributed by atoms with Crippen molar-refractivity contribution in [2.45, 2.75) is 39.3 Å². The number of carbonyl (C=O) groups excluding carboxylic acids is 3. The van der Waals surface area contributed by atoms with Crippen LogP contribution in [0, 0.1) is 13.8 Å². The minimum Gasteiger partial charge on any atom is -0.376 e. The Kier molecular flexibility index (Phi) is 5.49. The summed E-state index contributed by atoms with van der Waals surface area (Å²) in [6.45, 7) is 5.44. The number of hydrogen-bond acceptors (Lipinski definition) is 4. The maximum absolute atomic E-state index is 13.0. The number of aryl methyl sites for hydroxylation is 1. The number of amides is 4. The van der Waals surface area contributed by atoms with Gasteiger partial charge in [-0.2, -0.15) is 0 Å². The van der Waals surface area contributed by atoms with Crippen molar-refractivity contribution in [3.8, 4) is 0 Å². The van der Waals surface area contributed by atoms with Crippen LogP contribution < -0.4 is 10.2 Å². The summed E-state index contributed by atoms with van der Waals surface area (Å²) in [5.74, 6) is -1.38. The Morgan fingerprint density at radius 1 is 1.20 bits per heavy atom. The van der Waals surface area contributed by atoms with Gasteiger partial charge in [0.15, 0.2) is 0 Å². The molecule has 1 atom stereocenters. The molecule has 0 unspecified atom stereocenters. The molecule has 4 rings (SSSR count). The summed E-state index contributed by atoms with van der Waals surface area (Å²) in [6.07, 6.45) is 3.80. The Balaban J connectivity index is 1.66. The molecule has 1 aromatic carbocycles. The zero-order valence-corrected chi connectivity index (χ0v) is 17.5. The van der Waals surface area contributed by atoms with E-state index in [1.807, 2.05) is 19.9 Å². The highest BCUT2D eigenvalue weighted by Gasteiger charge is 2.37. The van der Waals surface area contributed by atoms with Crippen molar-refractivity contribution in [1.82, 2.24) is 9.88 Å². The molecule has 2 aliphatic rings. The van der Waals surface area contributed by atoms with E-state index in [1.165, 1.54) is 0 Å². The Bertz CT molecular complexity index is 1050. The van der Waals surface area contributed by atoms with Gasteiger partial charge in [-0.25, -0.2) is 9.69 Å². The number of carbonyl (C=O) groups is 3. The first-order valence-corrected chi connectivity index (χ1v) is 10.2. The van der Waals surface area contributed by atoms with Crippen molar-refractivity contribution < 1.29 is 19.1 Å². The molecule has 0 radical (unpaired) electrons. The van der Waals surface area contributed by atoms with Crippen LogP contribution in [0.15, 0.2) is 35.9 Å². The van der Waals surface area contributed by atoms with E-state index in [0.29, 0.717) is 10.7 Å². The van der Waals surface area contributed by atoms with Crippen LogP contribution in [0.1, 0.15) is 29.8 Å². The lowest BCUT2D eigenvalue weighted by atomic mass is 10.1. The van der Waals surface area contributed by atoms with Crippen molar-refractivity contribution in [1.29, 1.82) is 0 Å². The summed E-state index contributed by atoms with van der Waals surface area (Å²) >= 11 is 5.90. The van der Waals surface area contributed by atoms with E-state index in [9.17, 15) is 14.4 Å². The van der Waals surface area contributed by atoms with Gasteiger partial charge in [0.2, 0.25) is 0 Å². The monoisotopic (exact) mass is 427 g/mol. The van der Waals surface area contributed by atoms with Gasteiger partial charge in [-0.1, -0.05) is 11.6 Å². The molecule has 7 nitrogen and oxygen atoms in total. The van der Waals surface area contributed by atoms with E-state index in [-0.39, 0.29) is 11.7 Å². The summed E-state index contributed by atoms with van der Waals surface area (Å²) < 4.78 is 7.87. The number of halogens is 1. The topological polar surface area (TPSA) is 80.6 Å². The van der Waals surface area contributed by atoms with E-state index < -0.39 is 17.8 Å². The number of ether oxygens (including phenoxy) is 1. The van der Waals surface area contributed by atoms with Crippen molar-refractivity contribution in [3.63, 3.8) is 0 Å². The second-order valence-electron chi connectivity index (χ2n) is 7.51. The van der Waals surface area contributed by atoms with Crippen LogP contribution in [-0.2, 0) is 20.9 Å². The molecule has 0 spiro atoms. The molecule has 1 N–H and O–H groups in total. The summed E-state index contributed by atoms with van der Waals surface area (Å²) in [4.78, 5) is 38.7. The first-order chi connectivity index (χ1) is 14.3. The van der Waals surface area contributed by atoms with Crippen LogP contribution in [0.4, 0.5) is 10.5 Å². The second kappa shape index (κ2) is 8.08. The van der Waals surface area contributed by atoms with E-state index in [2.05, 4.69) is 9.88 Å². The fraction of sp³-hybridized carbons (Fsp3) is 0.318. The van der Waals surface area contributed by atoms with Gasteiger partial charge < -0.3 is 9.30 Å². The minimum absolute atomic E-state index is 0.0954. The van der Waals surface area contributed by atoms with E-state index >= 15 is 0 Å². The predicted octanol–water partition coefficient (Wildman–Crippen LogP) is 3.60. The van der Waals surface area contributed by atoms with Crippen LogP contribution >= 0.6 is 11.6 Å². The number of hydrogen-bond donors (Lipinski definition) is 1. The Morgan fingerprint density at radius 2 is 1.93 bits per heavy atom. The van der Waals surface area contributed by atoms with Crippen LogP contribution in [-0.4, -0.2) is 35.1 Å². The third-order valence-corrected chi connectivity index (χ3v) is 5.76. The lowest BCUT2D eigenvalue weighted by molar-refractivity contribution is -0.122. The van der Waals surface area contributed by atoms with Crippen molar-refractivity contribution >= 4 is 41.2 Å². The predicted molar refractivity (Wildman–Crippen MR) is 113 cm³/mol. The molecular formula is C22H22ClN3O4. The number of imide groups is 2. The van der Waals surface area contributed by atoms with Gasteiger partial charge in [0.05, 0.1) is 11.8 Å². The molecule has 3 heterocycles. The molecule has 2 fully saturated rings. The van der Waals surface area contributed by atoms with E-state index in [4.69, 9.17) is 16.3 Å². The maximum Gasteiger partial charge on any atom is 0.335 e. The number of nitrogens with one attached hydrogen (secondary N) is 1. The summed E-state index contributed by atoms with van der Waals surface area (Å²) in [5.41, 5.74) is 2.95. The largest absolute Gasteiger partial charge is 0.376 e. The fourth-order valence-corrected chi connectivity index (χ4v) is 4.01. The zero-order valence-electron chi connectivity index (χ0n) is 16.8. The Labute approximate surface area is 179 Å². The molecule has 1 aromatic heterocycles. The van der Waals surface area contributed by atoms with Crippen molar-refractivity contribution in [3.05, 3.63) is 57.9 Å². The Morgan fingerprint density at radius 3 is 2.60 bits per heavy atom. The van der Waals surface area contributed by atoms with Crippen LogP contribution in [0.3, 0.4) is 0 Å². The number of barbiturate groups is 1. The summed E-state index contributed by atoms with van der Waals surface area (Å²) in [6, 6.07) is 7.42. The quantitative estimate of drug-likeness (QED) is 0.597. The first-order valence-electron chi connectivity index (χ1n) is 9.80. The molecule has 0 saturated carbocycles. The SMILES string of the molecule is Cc1cc(/C=C2\C(=O)NC(=O)N(c3ccc(Cl)cc3)C2=O)c(C)n1C[C@H]1CCCO1. The van der Waals surface area contributed by atoms with Gasteiger partial charge in [-0.15, -0.1) is 0 Å². The second-order valence-corrected chi connectivity index (χ2v) is 7.94. The highest BCUT2D eigenvalue weighted by atomic mass is 35.5. The molecule has 4 amide bonds. The molecule has 2 aliphatic heterocycles. The van der Waals surface area contributed by atoms with Gasteiger partial charge >= 0.3 is 6.03 Å². The van der Waals surface area contributed by atoms with Gasteiger partial charge in [-0.3, -0.25) is 14.9 Å². The number of nitrogens with zero attached hydrogens (tertiary/aromatic N) is 2. The molecule has 156 valence electrons. The maximum atomic E-state index is 13.0. The average molecular weight is 428 g/mol. The normalized spacial score (nSPS) is 20.9. The molecule has 2 aromatic rings. The van der Waals surface area contributed by atoms with Crippen LogP contribution in [0.5, 0.6) is 0 Å². The third-order valence-electron chi connectivity index (χ3n) is 5.51. The number of aromatic nitrogens is 1. The molecule has 8 heteroatoms. The standard InChI is InChI=1S/C22H22ClN3O4/c1-13-10-15(14(2)25(13)12-18-4-3-9-30-18)11-19-20(27)24-22(29)26(21(19)28)17-7-5-16(23)6-8-17/h5-8,10-11,18H,3-4,9,12H2,1-2H3,(H,24,27,29)/b19-11+/t18-/m1/s1. The molecule has 0 aliphatic carbocycles. The minimum atomic E-state index is -0.784. The van der Waals surface area contributed by atoms with Crippen molar-refractivity contribution in [2.75, 3.05) is 11.5 Å². The number of anilines is 1. The molecule has 2 saturated heterocycles. The van der Waals surface area contributed by atoms with E-state index in [1.54, 1.807) is 30.3 Å². The average Bonchev–Trinajstić information content (AvgIpc) is 3.30. The van der Waals surface area contributed by atoms with E-state index in [0.717, 1.165) is 47.8 Å². The lowest BCUT2D eigenvalue weighted by Crippen LogP contribution is -2.54. The first kappa shape index (κ1) is 20.4. The van der Waals surface area contributed by atoms with Crippen LogP contribution in [0.25, 0.3) is 6.08 Å². The van der Waals surface area contributed by atoms with Crippen LogP contribution in [0.2, 0.25) is 5.02 Å². The summed E-state index contributed by atoms with van der Waals surface area (Å²) in [7, 11) is 0.